The highest BCUT2D eigenvalue weighted by Crippen LogP contribution is 2.30. The minimum Gasteiger partial charge on any atom is -0.326 e. The van der Waals surface area contributed by atoms with E-state index >= 15 is 0 Å². The van der Waals surface area contributed by atoms with Crippen molar-refractivity contribution in [1.29, 1.82) is 0 Å². The van der Waals surface area contributed by atoms with Crippen molar-refractivity contribution in [1.82, 2.24) is 0 Å². The fraction of sp³-hybridized carbons (Fsp3) is 0.538. The lowest BCUT2D eigenvalue weighted by Crippen LogP contribution is -2.04. The number of benzene rings is 1. The third kappa shape index (κ3) is 3.95. The summed E-state index contributed by atoms with van der Waals surface area (Å²) >= 11 is 0. The fourth-order valence-corrected chi connectivity index (χ4v) is 2.27. The Balaban J connectivity index is 3.14. The summed E-state index contributed by atoms with van der Waals surface area (Å²) in [5, 5.41) is 0. The van der Waals surface area contributed by atoms with Crippen LogP contribution >= 0.6 is 8.25 Å². The Labute approximate surface area is 104 Å². The van der Waals surface area contributed by atoms with Gasteiger partial charge in [-0.05, 0) is 28.5 Å². The molecule has 0 saturated heterocycles. The van der Waals surface area contributed by atoms with E-state index in [1.54, 1.807) is 0 Å². The topological polar surface area (TPSA) is 46.5 Å². The van der Waals surface area contributed by atoms with Gasteiger partial charge >= 0.3 is 8.25 Å². The highest BCUT2D eigenvalue weighted by atomic mass is 31.1. The molecule has 1 unspecified atom stereocenters. The van der Waals surface area contributed by atoms with E-state index in [1.165, 1.54) is 11.1 Å². The van der Waals surface area contributed by atoms with Gasteiger partial charge in [-0.1, -0.05) is 45.9 Å². The van der Waals surface area contributed by atoms with Gasteiger partial charge in [-0.25, -0.2) is 0 Å². The van der Waals surface area contributed by atoms with Crippen molar-refractivity contribution in [3.63, 3.8) is 0 Å². The monoisotopic (exact) mass is 256 g/mol. The van der Waals surface area contributed by atoms with Crippen molar-refractivity contribution in [2.45, 2.75) is 46.1 Å². The second-order valence-corrected chi connectivity index (χ2v) is 5.60. The Morgan fingerprint density at radius 1 is 1.18 bits per heavy atom. The zero-order valence-electron chi connectivity index (χ0n) is 10.9. The summed E-state index contributed by atoms with van der Waals surface area (Å²) < 4.78 is 15.6. The van der Waals surface area contributed by atoms with Crippen LogP contribution in [0.15, 0.2) is 18.2 Å². The van der Waals surface area contributed by atoms with Crippen LogP contribution in [0, 0.1) is 0 Å². The second-order valence-electron chi connectivity index (χ2n) is 4.78. The van der Waals surface area contributed by atoms with Crippen molar-refractivity contribution in [3.05, 3.63) is 34.9 Å². The summed E-state index contributed by atoms with van der Waals surface area (Å²) in [7, 11) is -2.87. The average Bonchev–Trinajstić information content (AvgIpc) is 2.25. The summed E-state index contributed by atoms with van der Waals surface area (Å²) in [6.07, 6.45) is 0. The normalized spacial score (nSPS) is 13.4. The average molecular weight is 256 g/mol. The summed E-state index contributed by atoms with van der Waals surface area (Å²) in [5.74, 6) is 0.765. The Morgan fingerprint density at radius 2 is 1.65 bits per heavy atom. The maximum atomic E-state index is 10.7. The molecule has 1 aromatic rings. The molecule has 0 aliphatic carbocycles. The molecule has 17 heavy (non-hydrogen) atoms. The van der Waals surface area contributed by atoms with E-state index in [-0.39, 0.29) is 6.61 Å². The highest BCUT2D eigenvalue weighted by Gasteiger charge is 2.14. The molecule has 0 fully saturated rings. The molecule has 96 valence electrons. The maximum absolute atomic E-state index is 10.7. The van der Waals surface area contributed by atoms with E-state index in [1.807, 2.05) is 6.07 Å². The minimum absolute atomic E-state index is 0.218. The Bertz CT molecular complexity index is 373. The molecular formula is C13H21O3P. The van der Waals surface area contributed by atoms with Gasteiger partial charge in [0.05, 0.1) is 6.61 Å². The minimum atomic E-state index is -2.87. The van der Waals surface area contributed by atoms with Crippen molar-refractivity contribution in [2.24, 2.45) is 0 Å². The molecule has 1 rings (SSSR count). The standard InChI is InChI=1S/C13H21O3P/c1-9(2)11-6-5-7-12(10(3)4)13(11)8-16-17(14)15/h5-7,9-10,17H,8H2,1-4H3,(H,14,15). The van der Waals surface area contributed by atoms with Crippen LogP contribution in [0.2, 0.25) is 0 Å². The first-order valence-electron chi connectivity index (χ1n) is 5.90. The van der Waals surface area contributed by atoms with Crippen LogP contribution in [0.4, 0.5) is 0 Å². The van der Waals surface area contributed by atoms with Crippen LogP contribution in [-0.2, 0) is 15.7 Å². The smallest absolute Gasteiger partial charge is 0.316 e. The van der Waals surface area contributed by atoms with E-state index in [2.05, 4.69) is 39.8 Å². The molecule has 0 aliphatic heterocycles. The van der Waals surface area contributed by atoms with Crippen LogP contribution in [0.1, 0.15) is 56.2 Å². The van der Waals surface area contributed by atoms with Gasteiger partial charge in [0, 0.05) is 0 Å². The van der Waals surface area contributed by atoms with Gasteiger partial charge < -0.3 is 9.42 Å². The van der Waals surface area contributed by atoms with Crippen LogP contribution in [0.25, 0.3) is 0 Å². The fourth-order valence-electron chi connectivity index (χ4n) is 2.01. The SMILES string of the molecule is CC(C)c1cccc(C(C)C)c1CO[PH](=O)O. The van der Waals surface area contributed by atoms with E-state index in [0.29, 0.717) is 11.8 Å². The quantitative estimate of drug-likeness (QED) is 0.814. The summed E-state index contributed by atoms with van der Waals surface area (Å²) in [6, 6.07) is 6.16. The molecule has 0 radical (unpaired) electrons. The highest BCUT2D eigenvalue weighted by molar-refractivity contribution is 7.32. The zero-order valence-corrected chi connectivity index (χ0v) is 11.9. The molecule has 1 N–H and O–H groups in total. The first kappa shape index (κ1) is 14.4. The molecule has 1 atom stereocenters. The first-order chi connectivity index (χ1) is 7.93. The van der Waals surface area contributed by atoms with Crippen LogP contribution < -0.4 is 0 Å². The van der Waals surface area contributed by atoms with Crippen molar-refractivity contribution < 1.29 is 14.0 Å². The molecule has 0 spiro atoms. The third-order valence-electron chi connectivity index (χ3n) is 2.83. The predicted molar refractivity (Wildman–Crippen MR) is 70.6 cm³/mol. The number of hydrogen-bond acceptors (Lipinski definition) is 2. The first-order valence-corrected chi connectivity index (χ1v) is 7.17. The van der Waals surface area contributed by atoms with Crippen LogP contribution in [0.3, 0.4) is 0 Å². The Hall–Kier alpha value is -0.630. The molecule has 0 bridgehead atoms. The maximum Gasteiger partial charge on any atom is 0.316 e. The molecule has 4 heteroatoms. The Kier molecular flexibility index (Phi) is 5.38. The van der Waals surface area contributed by atoms with E-state index in [4.69, 9.17) is 9.42 Å². The largest absolute Gasteiger partial charge is 0.326 e. The lowest BCUT2D eigenvalue weighted by atomic mass is 9.89. The van der Waals surface area contributed by atoms with Gasteiger partial charge in [0.15, 0.2) is 0 Å². The van der Waals surface area contributed by atoms with E-state index in [0.717, 1.165) is 5.56 Å². The van der Waals surface area contributed by atoms with Crippen molar-refractivity contribution in [3.8, 4) is 0 Å². The molecule has 3 nitrogen and oxygen atoms in total. The number of hydrogen-bond donors (Lipinski definition) is 1. The lowest BCUT2D eigenvalue weighted by molar-refractivity contribution is 0.270. The van der Waals surface area contributed by atoms with E-state index < -0.39 is 8.25 Å². The van der Waals surface area contributed by atoms with Gasteiger partial charge in [0.2, 0.25) is 0 Å². The number of rotatable bonds is 5. The van der Waals surface area contributed by atoms with Crippen LogP contribution in [0.5, 0.6) is 0 Å². The van der Waals surface area contributed by atoms with Gasteiger partial charge in [0.1, 0.15) is 0 Å². The van der Waals surface area contributed by atoms with Crippen molar-refractivity contribution >= 4 is 8.25 Å². The van der Waals surface area contributed by atoms with Gasteiger partial charge in [-0.3, -0.25) is 4.57 Å². The molecule has 0 saturated carbocycles. The molecule has 0 aromatic heterocycles. The predicted octanol–water partition coefficient (Wildman–Crippen LogP) is 3.83. The van der Waals surface area contributed by atoms with Crippen molar-refractivity contribution in [2.75, 3.05) is 0 Å². The molecule has 1 aromatic carbocycles. The van der Waals surface area contributed by atoms with Gasteiger partial charge in [-0.2, -0.15) is 0 Å². The van der Waals surface area contributed by atoms with E-state index in [9.17, 15) is 4.57 Å². The summed E-state index contributed by atoms with van der Waals surface area (Å²) in [6.45, 7) is 8.68. The molecule has 0 amide bonds. The molecular weight excluding hydrogens is 235 g/mol. The second kappa shape index (κ2) is 6.34. The third-order valence-corrected chi connectivity index (χ3v) is 3.22. The lowest BCUT2D eigenvalue weighted by Gasteiger charge is -2.19. The Morgan fingerprint density at radius 3 is 2.00 bits per heavy atom. The van der Waals surface area contributed by atoms with Gasteiger partial charge in [0.25, 0.3) is 0 Å². The summed E-state index contributed by atoms with van der Waals surface area (Å²) in [4.78, 5) is 8.80. The van der Waals surface area contributed by atoms with Gasteiger partial charge in [-0.15, -0.1) is 0 Å². The molecule has 0 heterocycles. The zero-order chi connectivity index (χ0) is 13.0. The summed E-state index contributed by atoms with van der Waals surface area (Å²) in [5.41, 5.74) is 3.45. The van der Waals surface area contributed by atoms with Crippen LogP contribution in [-0.4, -0.2) is 4.89 Å². The molecule has 0 aliphatic rings.